The standard InChI is InChI=1S/C23H20ClN3O3/c1-16(26-27-22(28)15-30-21-5-3-2-4-6-21)17-9-13-20(14-10-17)25-23(29)18-7-11-19(24)12-8-18/h2-14H,15H2,1H3,(H,25,29)(H,27,28). The van der Waals surface area contributed by atoms with Gasteiger partial charge in [0.2, 0.25) is 0 Å². The number of amides is 2. The summed E-state index contributed by atoms with van der Waals surface area (Å²) in [6.07, 6.45) is 0. The Bertz CT molecular complexity index is 1030. The molecule has 0 aromatic heterocycles. The molecule has 7 heteroatoms. The fourth-order valence-corrected chi connectivity index (χ4v) is 2.63. The third kappa shape index (κ3) is 6.18. The molecule has 30 heavy (non-hydrogen) atoms. The van der Waals surface area contributed by atoms with Crippen LogP contribution < -0.4 is 15.5 Å². The van der Waals surface area contributed by atoms with Crippen LogP contribution in [0.3, 0.4) is 0 Å². The summed E-state index contributed by atoms with van der Waals surface area (Å²) in [5.41, 5.74) is 5.06. The predicted octanol–water partition coefficient (Wildman–Crippen LogP) is 4.51. The maximum atomic E-state index is 12.2. The fourth-order valence-electron chi connectivity index (χ4n) is 2.51. The van der Waals surface area contributed by atoms with Gasteiger partial charge in [-0.25, -0.2) is 5.43 Å². The van der Waals surface area contributed by atoms with Gasteiger partial charge in [-0.1, -0.05) is 41.9 Å². The lowest BCUT2D eigenvalue weighted by atomic mass is 10.1. The zero-order valence-electron chi connectivity index (χ0n) is 16.3. The first-order valence-electron chi connectivity index (χ1n) is 9.19. The summed E-state index contributed by atoms with van der Waals surface area (Å²) >= 11 is 5.84. The van der Waals surface area contributed by atoms with Gasteiger partial charge in [0.05, 0.1) is 5.71 Å². The molecule has 0 bridgehead atoms. The summed E-state index contributed by atoms with van der Waals surface area (Å²) in [6, 6.07) is 22.9. The van der Waals surface area contributed by atoms with Gasteiger partial charge in [-0.2, -0.15) is 5.10 Å². The number of hydrogen-bond donors (Lipinski definition) is 2. The van der Waals surface area contributed by atoms with E-state index in [-0.39, 0.29) is 18.4 Å². The molecule has 2 amide bonds. The number of hydrazone groups is 1. The first-order valence-corrected chi connectivity index (χ1v) is 9.57. The topological polar surface area (TPSA) is 79.8 Å². The minimum Gasteiger partial charge on any atom is -0.484 e. The molecule has 2 N–H and O–H groups in total. The average molecular weight is 422 g/mol. The zero-order chi connectivity index (χ0) is 21.3. The quantitative estimate of drug-likeness (QED) is 0.435. The molecule has 0 heterocycles. The smallest absolute Gasteiger partial charge is 0.277 e. The average Bonchev–Trinajstić information content (AvgIpc) is 2.77. The van der Waals surface area contributed by atoms with Gasteiger partial charge in [0, 0.05) is 16.3 Å². The number of halogens is 1. The number of nitrogens with zero attached hydrogens (tertiary/aromatic N) is 1. The largest absolute Gasteiger partial charge is 0.484 e. The molecule has 0 fully saturated rings. The number of carbonyl (C=O) groups is 2. The maximum absolute atomic E-state index is 12.2. The first kappa shape index (κ1) is 21.1. The Morgan fingerprint density at radius 3 is 2.20 bits per heavy atom. The number of rotatable bonds is 7. The fraction of sp³-hybridized carbons (Fsp3) is 0.0870. The number of nitrogens with one attached hydrogen (secondary N) is 2. The van der Waals surface area contributed by atoms with Crippen LogP contribution in [0.2, 0.25) is 5.02 Å². The molecular formula is C23H20ClN3O3. The van der Waals surface area contributed by atoms with Gasteiger partial charge >= 0.3 is 0 Å². The van der Waals surface area contributed by atoms with E-state index in [2.05, 4.69) is 15.8 Å². The van der Waals surface area contributed by atoms with Crippen LogP contribution in [-0.2, 0) is 4.79 Å². The zero-order valence-corrected chi connectivity index (χ0v) is 17.0. The van der Waals surface area contributed by atoms with Crippen LogP contribution in [0.5, 0.6) is 5.75 Å². The lowest BCUT2D eigenvalue weighted by Crippen LogP contribution is -2.25. The molecule has 3 aromatic rings. The molecule has 3 rings (SSSR count). The van der Waals surface area contributed by atoms with E-state index in [1.807, 2.05) is 30.3 Å². The number of anilines is 1. The van der Waals surface area contributed by atoms with Crippen LogP contribution in [-0.4, -0.2) is 24.1 Å². The van der Waals surface area contributed by atoms with Crippen LogP contribution in [0.15, 0.2) is 84.0 Å². The summed E-state index contributed by atoms with van der Waals surface area (Å²) in [5.74, 6) is 0.0325. The van der Waals surface area contributed by atoms with Crippen molar-refractivity contribution < 1.29 is 14.3 Å². The van der Waals surface area contributed by atoms with Crippen molar-refractivity contribution in [2.45, 2.75) is 6.92 Å². The van der Waals surface area contributed by atoms with Crippen molar-refractivity contribution in [1.82, 2.24) is 5.43 Å². The highest BCUT2D eigenvalue weighted by Crippen LogP contribution is 2.14. The summed E-state index contributed by atoms with van der Waals surface area (Å²) < 4.78 is 5.37. The molecule has 0 aliphatic rings. The van der Waals surface area contributed by atoms with Crippen molar-refractivity contribution in [3.05, 3.63) is 95.0 Å². The van der Waals surface area contributed by atoms with E-state index < -0.39 is 0 Å². The molecule has 6 nitrogen and oxygen atoms in total. The van der Waals surface area contributed by atoms with E-state index >= 15 is 0 Å². The van der Waals surface area contributed by atoms with Crippen molar-refractivity contribution in [3.8, 4) is 5.75 Å². The molecule has 3 aromatic carbocycles. The van der Waals surface area contributed by atoms with Gasteiger partial charge in [-0.05, 0) is 61.0 Å². The monoisotopic (exact) mass is 421 g/mol. The van der Waals surface area contributed by atoms with Crippen molar-refractivity contribution in [3.63, 3.8) is 0 Å². The molecular weight excluding hydrogens is 402 g/mol. The highest BCUT2D eigenvalue weighted by atomic mass is 35.5. The second-order valence-electron chi connectivity index (χ2n) is 6.37. The summed E-state index contributed by atoms with van der Waals surface area (Å²) in [5, 5.41) is 7.48. The Labute approximate surface area is 179 Å². The molecule has 0 aliphatic carbocycles. The number of para-hydroxylation sites is 1. The van der Waals surface area contributed by atoms with Crippen molar-refractivity contribution in [2.75, 3.05) is 11.9 Å². The lowest BCUT2D eigenvalue weighted by molar-refractivity contribution is -0.123. The van der Waals surface area contributed by atoms with Crippen molar-refractivity contribution >= 4 is 34.8 Å². The highest BCUT2D eigenvalue weighted by Gasteiger charge is 2.07. The molecule has 0 atom stereocenters. The van der Waals surface area contributed by atoms with E-state index in [4.69, 9.17) is 16.3 Å². The van der Waals surface area contributed by atoms with Gasteiger partial charge in [0.25, 0.3) is 11.8 Å². The molecule has 152 valence electrons. The molecule has 0 spiro atoms. The molecule has 0 saturated carbocycles. The number of ether oxygens (including phenoxy) is 1. The summed E-state index contributed by atoms with van der Waals surface area (Å²) in [7, 11) is 0. The third-order valence-corrected chi connectivity index (χ3v) is 4.38. The molecule has 0 radical (unpaired) electrons. The van der Waals surface area contributed by atoms with E-state index in [1.165, 1.54) is 0 Å². The SMILES string of the molecule is CC(=NNC(=O)COc1ccccc1)c1ccc(NC(=O)c2ccc(Cl)cc2)cc1. The summed E-state index contributed by atoms with van der Waals surface area (Å²) in [6.45, 7) is 1.65. The highest BCUT2D eigenvalue weighted by molar-refractivity contribution is 6.30. The second-order valence-corrected chi connectivity index (χ2v) is 6.81. The Balaban J connectivity index is 1.52. The Morgan fingerprint density at radius 2 is 1.53 bits per heavy atom. The molecule has 0 unspecified atom stereocenters. The van der Waals surface area contributed by atoms with Crippen molar-refractivity contribution in [1.29, 1.82) is 0 Å². The maximum Gasteiger partial charge on any atom is 0.277 e. The normalized spacial score (nSPS) is 10.9. The molecule has 0 aliphatic heterocycles. The van der Waals surface area contributed by atoms with Crippen LogP contribution >= 0.6 is 11.6 Å². The first-order chi connectivity index (χ1) is 14.5. The lowest BCUT2D eigenvalue weighted by Gasteiger charge is -2.08. The Kier molecular flexibility index (Phi) is 7.19. The van der Waals surface area contributed by atoms with E-state index in [0.29, 0.717) is 27.7 Å². The third-order valence-electron chi connectivity index (χ3n) is 4.13. The number of hydrogen-bond acceptors (Lipinski definition) is 4. The second kappa shape index (κ2) is 10.2. The minimum absolute atomic E-state index is 0.129. The van der Waals surface area contributed by atoms with Gasteiger partial charge < -0.3 is 10.1 Å². The van der Waals surface area contributed by atoms with E-state index in [0.717, 1.165) is 5.56 Å². The van der Waals surface area contributed by atoms with Gasteiger partial charge in [-0.3, -0.25) is 9.59 Å². The van der Waals surface area contributed by atoms with Crippen LogP contribution in [0.25, 0.3) is 0 Å². The Morgan fingerprint density at radius 1 is 0.900 bits per heavy atom. The Hall–Kier alpha value is -3.64. The van der Waals surface area contributed by atoms with Gasteiger partial charge in [0.15, 0.2) is 6.61 Å². The van der Waals surface area contributed by atoms with Crippen LogP contribution in [0, 0.1) is 0 Å². The summed E-state index contributed by atoms with van der Waals surface area (Å²) in [4.78, 5) is 24.1. The van der Waals surface area contributed by atoms with E-state index in [1.54, 1.807) is 55.5 Å². The van der Waals surface area contributed by atoms with E-state index in [9.17, 15) is 9.59 Å². The minimum atomic E-state index is -0.356. The predicted molar refractivity (Wildman–Crippen MR) is 118 cm³/mol. The van der Waals surface area contributed by atoms with Gasteiger partial charge in [-0.15, -0.1) is 0 Å². The number of carbonyl (C=O) groups excluding carboxylic acids is 2. The van der Waals surface area contributed by atoms with Crippen LogP contribution in [0.4, 0.5) is 5.69 Å². The van der Waals surface area contributed by atoms with Crippen molar-refractivity contribution in [2.24, 2.45) is 5.10 Å². The number of benzene rings is 3. The van der Waals surface area contributed by atoms with Crippen LogP contribution in [0.1, 0.15) is 22.8 Å². The molecule has 0 saturated heterocycles. The van der Waals surface area contributed by atoms with Gasteiger partial charge in [0.1, 0.15) is 5.75 Å².